The van der Waals surface area contributed by atoms with Crippen LogP contribution in [0.3, 0.4) is 0 Å². The summed E-state index contributed by atoms with van der Waals surface area (Å²) in [5, 5.41) is 9.49. The first-order valence-electron chi connectivity index (χ1n) is 8.90. The van der Waals surface area contributed by atoms with Crippen molar-refractivity contribution in [1.29, 1.82) is 0 Å². The Morgan fingerprint density at radius 3 is 2.62 bits per heavy atom. The van der Waals surface area contributed by atoms with Gasteiger partial charge in [-0.3, -0.25) is 9.59 Å². The number of carbonyl (C=O) groups excluding carboxylic acids is 1. The van der Waals surface area contributed by atoms with Crippen LogP contribution in [0.5, 0.6) is 0 Å². The molecule has 4 rings (SSSR count). The summed E-state index contributed by atoms with van der Waals surface area (Å²) in [5.74, 6) is 0.0819. The van der Waals surface area contributed by atoms with Crippen LogP contribution in [0.25, 0.3) is 0 Å². The number of hydrogen-bond acceptors (Lipinski definition) is 4. The monoisotopic (exact) mass is 371 g/mol. The van der Waals surface area contributed by atoms with Crippen LogP contribution < -0.4 is 0 Å². The second-order valence-electron chi connectivity index (χ2n) is 7.03. The number of carbonyl (C=O) groups is 2. The lowest BCUT2D eigenvalue weighted by molar-refractivity contribution is -0.142. The van der Waals surface area contributed by atoms with Gasteiger partial charge in [-0.2, -0.15) is 0 Å². The highest BCUT2D eigenvalue weighted by molar-refractivity contribution is 7.98. The first-order chi connectivity index (χ1) is 12.6. The molecule has 26 heavy (non-hydrogen) atoms. The third-order valence-corrected chi connectivity index (χ3v) is 6.34. The van der Waals surface area contributed by atoms with Crippen LogP contribution in [-0.4, -0.2) is 35.0 Å². The molecule has 1 aliphatic heterocycles. The van der Waals surface area contributed by atoms with E-state index in [1.165, 1.54) is 6.26 Å². The van der Waals surface area contributed by atoms with Crippen LogP contribution in [0.4, 0.5) is 0 Å². The number of amides is 1. The predicted molar refractivity (Wildman–Crippen MR) is 98.0 cm³/mol. The Kier molecular flexibility index (Phi) is 4.76. The molecule has 2 fully saturated rings. The molecule has 1 aromatic carbocycles. The Hall–Kier alpha value is -2.21. The second-order valence-corrected chi connectivity index (χ2v) is 8.08. The van der Waals surface area contributed by atoms with E-state index in [-0.39, 0.29) is 18.4 Å². The highest BCUT2D eigenvalue weighted by atomic mass is 32.2. The first kappa shape index (κ1) is 17.2. The van der Waals surface area contributed by atoms with E-state index in [2.05, 4.69) is 0 Å². The lowest BCUT2D eigenvalue weighted by Crippen LogP contribution is -2.30. The first-order valence-corrected chi connectivity index (χ1v) is 9.88. The third-order valence-electron chi connectivity index (χ3n) is 5.28. The van der Waals surface area contributed by atoms with E-state index < -0.39 is 11.9 Å². The molecule has 1 saturated carbocycles. The van der Waals surface area contributed by atoms with Crippen molar-refractivity contribution < 1.29 is 19.1 Å². The minimum absolute atomic E-state index is 0.0774. The van der Waals surface area contributed by atoms with Gasteiger partial charge in [0, 0.05) is 29.3 Å². The number of thioether (sulfide) groups is 1. The summed E-state index contributed by atoms with van der Waals surface area (Å²) in [5.41, 5.74) is 0.852. The number of nitrogens with zero attached hydrogens (tertiary/aromatic N) is 1. The number of hydrogen-bond donors (Lipinski definition) is 1. The molecule has 0 radical (unpaired) electrons. The van der Waals surface area contributed by atoms with Gasteiger partial charge < -0.3 is 14.4 Å². The molecule has 1 aliphatic carbocycles. The van der Waals surface area contributed by atoms with E-state index in [9.17, 15) is 14.7 Å². The van der Waals surface area contributed by atoms with Crippen LogP contribution in [0.15, 0.2) is 52.0 Å². The summed E-state index contributed by atoms with van der Waals surface area (Å²) in [6.45, 7) is 0.799. The summed E-state index contributed by atoms with van der Waals surface area (Å²) < 4.78 is 5.48. The van der Waals surface area contributed by atoms with Crippen molar-refractivity contribution in [3.63, 3.8) is 0 Å². The van der Waals surface area contributed by atoms with Crippen LogP contribution in [0, 0.1) is 17.8 Å². The van der Waals surface area contributed by atoms with Gasteiger partial charge >= 0.3 is 5.97 Å². The van der Waals surface area contributed by atoms with Crippen molar-refractivity contribution in [3.8, 4) is 0 Å². The zero-order valence-corrected chi connectivity index (χ0v) is 15.2. The van der Waals surface area contributed by atoms with Crippen molar-refractivity contribution in [2.45, 2.75) is 23.5 Å². The van der Waals surface area contributed by atoms with Gasteiger partial charge in [-0.1, -0.05) is 18.2 Å². The van der Waals surface area contributed by atoms with E-state index in [1.54, 1.807) is 16.7 Å². The lowest BCUT2D eigenvalue weighted by Gasteiger charge is -2.15. The fourth-order valence-electron chi connectivity index (χ4n) is 3.72. The number of furan rings is 1. The molecule has 2 heterocycles. The molecule has 2 aliphatic rings. The third kappa shape index (κ3) is 3.51. The molecule has 6 heteroatoms. The number of aliphatic carboxylic acids is 1. The second kappa shape index (κ2) is 7.19. The number of rotatable bonds is 6. The maximum atomic E-state index is 12.9. The van der Waals surface area contributed by atoms with Gasteiger partial charge in [0.25, 0.3) is 5.91 Å². The summed E-state index contributed by atoms with van der Waals surface area (Å²) in [4.78, 5) is 27.3. The molecule has 136 valence electrons. The Labute approximate surface area is 156 Å². The van der Waals surface area contributed by atoms with Crippen molar-refractivity contribution in [3.05, 3.63) is 54.0 Å². The summed E-state index contributed by atoms with van der Waals surface area (Å²) >= 11 is 1.65. The molecular weight excluding hydrogens is 350 g/mol. The van der Waals surface area contributed by atoms with Gasteiger partial charge in [0.1, 0.15) is 0 Å². The summed E-state index contributed by atoms with van der Waals surface area (Å²) in [7, 11) is 0. The molecule has 5 nitrogen and oxygen atoms in total. The Morgan fingerprint density at radius 2 is 1.92 bits per heavy atom. The van der Waals surface area contributed by atoms with E-state index in [1.807, 2.05) is 36.4 Å². The molecule has 0 spiro atoms. The van der Waals surface area contributed by atoms with Crippen molar-refractivity contribution >= 4 is 23.6 Å². The molecule has 1 aromatic heterocycles. The van der Waals surface area contributed by atoms with Gasteiger partial charge in [-0.25, -0.2) is 0 Å². The maximum Gasteiger partial charge on any atom is 0.308 e. The van der Waals surface area contributed by atoms with Crippen LogP contribution >= 0.6 is 11.8 Å². The minimum Gasteiger partial charge on any atom is -0.481 e. The van der Waals surface area contributed by atoms with E-state index in [0.29, 0.717) is 24.0 Å². The van der Waals surface area contributed by atoms with Crippen LogP contribution in [-0.2, 0) is 10.5 Å². The molecule has 1 N–H and O–H groups in total. The SMILES string of the molecule is O=C(O)[C@H]1CN(C(=O)c2occc2CSc2ccccc2)C[C@@H]1C1CC1. The highest BCUT2D eigenvalue weighted by Crippen LogP contribution is 2.44. The van der Waals surface area contributed by atoms with Gasteiger partial charge in [-0.05, 0) is 42.9 Å². The average Bonchev–Trinajstić information content (AvgIpc) is 3.21. The fourth-order valence-corrected chi connectivity index (χ4v) is 4.62. The fraction of sp³-hybridized carbons (Fsp3) is 0.400. The molecule has 0 unspecified atom stereocenters. The molecule has 0 bridgehead atoms. The topological polar surface area (TPSA) is 70.8 Å². The zero-order valence-electron chi connectivity index (χ0n) is 14.3. The minimum atomic E-state index is -0.795. The van der Waals surface area contributed by atoms with E-state index >= 15 is 0 Å². The standard InChI is InChI=1S/C20H21NO4S/c22-19(21-10-16(13-6-7-13)17(11-21)20(23)24)18-14(8-9-25-18)12-26-15-4-2-1-3-5-15/h1-5,8-9,13,16-17H,6-7,10-12H2,(H,23,24)/t16-,17+/m1/s1. The van der Waals surface area contributed by atoms with Crippen molar-refractivity contribution in [2.75, 3.05) is 13.1 Å². The Morgan fingerprint density at radius 1 is 1.15 bits per heavy atom. The zero-order chi connectivity index (χ0) is 18.1. The number of benzene rings is 1. The van der Waals surface area contributed by atoms with Crippen LogP contribution in [0.1, 0.15) is 29.0 Å². The van der Waals surface area contributed by atoms with Gasteiger partial charge in [0.15, 0.2) is 5.76 Å². The molecule has 2 atom stereocenters. The summed E-state index contributed by atoms with van der Waals surface area (Å²) in [6.07, 6.45) is 3.70. The molecule has 2 aromatic rings. The van der Waals surface area contributed by atoms with E-state index in [4.69, 9.17) is 4.42 Å². The smallest absolute Gasteiger partial charge is 0.308 e. The van der Waals surface area contributed by atoms with Gasteiger partial charge in [0.05, 0.1) is 12.2 Å². The number of carboxylic acids is 1. The molecule has 1 amide bonds. The van der Waals surface area contributed by atoms with Gasteiger partial charge in [0.2, 0.25) is 0 Å². The predicted octanol–water partition coefficient (Wildman–Crippen LogP) is 3.75. The van der Waals surface area contributed by atoms with Crippen LogP contribution in [0.2, 0.25) is 0 Å². The van der Waals surface area contributed by atoms with E-state index in [0.717, 1.165) is 23.3 Å². The van der Waals surface area contributed by atoms with Gasteiger partial charge in [-0.15, -0.1) is 11.8 Å². The van der Waals surface area contributed by atoms with Crippen molar-refractivity contribution in [1.82, 2.24) is 4.90 Å². The Balaban J connectivity index is 1.45. The molecular formula is C20H21NO4S. The number of likely N-dealkylation sites (tertiary alicyclic amines) is 1. The normalized spacial score (nSPS) is 22.5. The van der Waals surface area contributed by atoms with Crippen molar-refractivity contribution in [2.24, 2.45) is 17.8 Å². The summed E-state index contributed by atoms with van der Waals surface area (Å²) in [6, 6.07) is 11.8. The highest BCUT2D eigenvalue weighted by Gasteiger charge is 2.47. The largest absolute Gasteiger partial charge is 0.481 e. The maximum absolute atomic E-state index is 12.9. The average molecular weight is 371 g/mol. The quantitative estimate of drug-likeness (QED) is 0.783. The Bertz CT molecular complexity index is 799. The lowest BCUT2D eigenvalue weighted by atomic mass is 9.92. The number of carboxylic acid groups (broad SMARTS) is 1. The molecule has 1 saturated heterocycles.